The fourth-order valence-electron chi connectivity index (χ4n) is 2.88. The molecule has 176 valence electrons. The normalized spacial score (nSPS) is 12.7. The highest BCUT2D eigenvalue weighted by molar-refractivity contribution is 6.08. The summed E-state index contributed by atoms with van der Waals surface area (Å²) in [5.41, 5.74) is -0.788. The van der Waals surface area contributed by atoms with Gasteiger partial charge in [0.1, 0.15) is 11.0 Å². The van der Waals surface area contributed by atoms with Gasteiger partial charge in [0.2, 0.25) is 0 Å². The lowest BCUT2D eigenvalue weighted by molar-refractivity contribution is -0.166. The Morgan fingerprint density at radius 1 is 0.844 bits per heavy atom. The molecule has 5 nitrogen and oxygen atoms in total. The fourth-order valence-corrected chi connectivity index (χ4v) is 2.88. The number of ketones is 1. The van der Waals surface area contributed by atoms with E-state index in [-0.39, 0.29) is 18.2 Å². The predicted octanol–water partition coefficient (Wildman–Crippen LogP) is 5.27. The second kappa shape index (κ2) is 12.0. The molecular formula is C26H39BO5. The summed E-state index contributed by atoms with van der Waals surface area (Å²) in [6.07, 6.45) is 0.909. The fraction of sp³-hybridized carbons (Fsp3) is 0.577. The molecule has 6 heteroatoms. The van der Waals surface area contributed by atoms with Gasteiger partial charge in [0.25, 0.3) is 0 Å². The van der Waals surface area contributed by atoms with E-state index in [2.05, 4.69) is 0 Å². The molecule has 0 aromatic heterocycles. The molecular weight excluding hydrogens is 403 g/mol. The molecule has 0 heterocycles. The number of hydrogen-bond donors (Lipinski definition) is 0. The van der Waals surface area contributed by atoms with Crippen LogP contribution in [0.4, 0.5) is 0 Å². The Balaban J connectivity index is 0.00000302. The van der Waals surface area contributed by atoms with E-state index in [9.17, 15) is 14.4 Å². The van der Waals surface area contributed by atoms with Crippen molar-refractivity contribution in [2.75, 3.05) is 7.11 Å². The Labute approximate surface area is 195 Å². The van der Waals surface area contributed by atoms with E-state index in [1.165, 1.54) is 7.11 Å². The first-order valence-electron chi connectivity index (χ1n) is 10.9. The molecule has 1 aromatic rings. The van der Waals surface area contributed by atoms with Crippen molar-refractivity contribution in [3.8, 4) is 0 Å². The van der Waals surface area contributed by atoms with Gasteiger partial charge >= 0.3 is 11.9 Å². The van der Waals surface area contributed by atoms with Crippen LogP contribution in [0.15, 0.2) is 41.5 Å². The van der Waals surface area contributed by atoms with E-state index in [1.807, 2.05) is 51.1 Å². The lowest BCUT2D eigenvalue weighted by Gasteiger charge is -2.34. The molecule has 0 saturated heterocycles. The molecule has 0 unspecified atom stereocenters. The van der Waals surface area contributed by atoms with E-state index < -0.39 is 22.4 Å². The van der Waals surface area contributed by atoms with Crippen LogP contribution in [0, 0.1) is 10.8 Å². The summed E-state index contributed by atoms with van der Waals surface area (Å²) >= 11 is 0. The van der Waals surface area contributed by atoms with Gasteiger partial charge in [-0.3, -0.25) is 14.4 Å². The molecule has 0 aliphatic heterocycles. The third kappa shape index (κ3) is 7.65. The first-order chi connectivity index (χ1) is 14.6. The van der Waals surface area contributed by atoms with Crippen LogP contribution in [0.1, 0.15) is 67.9 Å². The average molecular weight is 442 g/mol. The van der Waals surface area contributed by atoms with Gasteiger partial charge in [0, 0.05) is 6.42 Å². The van der Waals surface area contributed by atoms with Crippen LogP contribution in [0.2, 0.25) is 6.32 Å². The van der Waals surface area contributed by atoms with E-state index in [1.54, 1.807) is 41.5 Å². The van der Waals surface area contributed by atoms with Gasteiger partial charge in [-0.2, -0.15) is 0 Å². The third-order valence-electron chi connectivity index (χ3n) is 5.86. The number of carbonyl (C=O) groups excluding carboxylic acids is 3. The molecule has 0 atom stereocenters. The molecule has 0 N–H and O–H groups in total. The molecule has 0 fully saturated rings. The Hall–Kier alpha value is -2.37. The number of rotatable bonds is 8. The largest absolute Gasteiger partial charge is 0.468 e. The maximum Gasteiger partial charge on any atom is 0.319 e. The number of carbonyl (C=O) groups is 3. The highest BCUT2D eigenvalue weighted by Crippen LogP contribution is 2.36. The number of Topliss-reactive ketones (excluding diaryl/α,β-unsaturated/α-hetero) is 1. The summed E-state index contributed by atoms with van der Waals surface area (Å²) in [4.78, 5) is 37.8. The van der Waals surface area contributed by atoms with Crippen molar-refractivity contribution in [2.24, 2.45) is 10.8 Å². The van der Waals surface area contributed by atoms with E-state index in [0.29, 0.717) is 0 Å². The number of methoxy groups -OCH3 is 1. The summed E-state index contributed by atoms with van der Waals surface area (Å²) in [6, 6.07) is 9.31. The second-order valence-electron chi connectivity index (χ2n) is 9.39. The molecule has 0 aliphatic rings. The van der Waals surface area contributed by atoms with Crippen molar-refractivity contribution in [3.63, 3.8) is 0 Å². The minimum absolute atomic E-state index is 0.159. The van der Waals surface area contributed by atoms with Crippen LogP contribution in [0.5, 0.6) is 0 Å². The molecule has 0 amide bonds. The minimum Gasteiger partial charge on any atom is -0.468 e. The predicted molar refractivity (Wildman–Crippen MR) is 130 cm³/mol. The zero-order valence-corrected chi connectivity index (χ0v) is 21.4. The minimum atomic E-state index is -1.29. The van der Waals surface area contributed by atoms with Crippen LogP contribution in [-0.4, -0.2) is 38.3 Å². The summed E-state index contributed by atoms with van der Waals surface area (Å²) in [7, 11) is 6.19. The number of benzene rings is 1. The van der Waals surface area contributed by atoms with Gasteiger partial charge in [0.05, 0.1) is 20.4 Å². The van der Waals surface area contributed by atoms with Crippen LogP contribution in [0.3, 0.4) is 0 Å². The quantitative estimate of drug-likeness (QED) is 0.237. The van der Waals surface area contributed by atoms with Crippen molar-refractivity contribution in [3.05, 3.63) is 47.0 Å². The number of ether oxygens (including phenoxy) is 2. The Bertz CT molecular complexity index is 820. The van der Waals surface area contributed by atoms with Gasteiger partial charge in [-0.25, -0.2) is 0 Å². The van der Waals surface area contributed by atoms with Gasteiger partial charge in [-0.05, 0) is 66.5 Å². The molecule has 1 aromatic carbocycles. The SMILES string of the molecule is COC(=O)C(C)(C)C(C)=C(C)C(C)(C)OC(=O)C(C)(C)C(=O)Cc1ccccc1.[B]CC. The molecule has 0 bridgehead atoms. The van der Waals surface area contributed by atoms with E-state index in [0.717, 1.165) is 23.0 Å². The first-order valence-corrected chi connectivity index (χ1v) is 10.9. The summed E-state index contributed by atoms with van der Waals surface area (Å²) < 4.78 is 10.7. The van der Waals surface area contributed by atoms with Gasteiger partial charge in [-0.1, -0.05) is 49.1 Å². The lowest BCUT2D eigenvalue weighted by Crippen LogP contribution is -2.42. The maximum atomic E-state index is 12.9. The zero-order chi connectivity index (χ0) is 25.3. The standard InChI is InChI=1S/C24H34O5.C2H5B/c1-16(22(3,4)20(26)28-9)17(2)24(7,8)29-21(27)23(5,6)19(25)15-18-13-11-10-12-14-18;1-2-3/h10-14H,15H2,1-9H3;2H2,1H3. The maximum absolute atomic E-state index is 12.9. The van der Waals surface area contributed by atoms with E-state index >= 15 is 0 Å². The van der Waals surface area contributed by atoms with Crippen molar-refractivity contribution in [2.45, 2.75) is 80.7 Å². The molecule has 0 spiro atoms. The summed E-state index contributed by atoms with van der Waals surface area (Å²) in [6.45, 7) is 15.8. The van der Waals surface area contributed by atoms with Gasteiger partial charge < -0.3 is 9.47 Å². The van der Waals surface area contributed by atoms with Crippen molar-refractivity contribution < 1.29 is 23.9 Å². The van der Waals surface area contributed by atoms with E-state index in [4.69, 9.17) is 17.3 Å². The van der Waals surface area contributed by atoms with Crippen LogP contribution < -0.4 is 0 Å². The first kappa shape index (κ1) is 29.6. The lowest BCUT2D eigenvalue weighted by atomic mass is 9.78. The van der Waals surface area contributed by atoms with Crippen molar-refractivity contribution >= 4 is 25.6 Å². The summed E-state index contributed by atoms with van der Waals surface area (Å²) in [5.74, 6) is -1.17. The Morgan fingerprint density at radius 2 is 1.31 bits per heavy atom. The second-order valence-corrected chi connectivity index (χ2v) is 9.39. The van der Waals surface area contributed by atoms with Gasteiger partial charge in [-0.15, -0.1) is 0 Å². The summed E-state index contributed by atoms with van der Waals surface area (Å²) in [5, 5.41) is 0. The Kier molecular flexibility index (Phi) is 11.1. The zero-order valence-electron chi connectivity index (χ0n) is 21.4. The van der Waals surface area contributed by atoms with Crippen molar-refractivity contribution in [1.29, 1.82) is 0 Å². The molecule has 0 aliphatic carbocycles. The highest BCUT2D eigenvalue weighted by atomic mass is 16.6. The molecule has 2 radical (unpaired) electrons. The highest BCUT2D eigenvalue weighted by Gasteiger charge is 2.42. The third-order valence-corrected chi connectivity index (χ3v) is 5.86. The molecule has 0 saturated carbocycles. The monoisotopic (exact) mass is 442 g/mol. The van der Waals surface area contributed by atoms with Crippen LogP contribution >= 0.6 is 0 Å². The van der Waals surface area contributed by atoms with Crippen molar-refractivity contribution in [1.82, 2.24) is 0 Å². The molecule has 1 rings (SSSR count). The number of hydrogen-bond acceptors (Lipinski definition) is 5. The topological polar surface area (TPSA) is 69.7 Å². The molecule has 32 heavy (non-hydrogen) atoms. The average Bonchev–Trinajstić information content (AvgIpc) is 2.72. The number of esters is 2. The Morgan fingerprint density at radius 3 is 1.75 bits per heavy atom. The van der Waals surface area contributed by atoms with Crippen LogP contribution in [-0.2, 0) is 30.3 Å². The smallest absolute Gasteiger partial charge is 0.319 e. The van der Waals surface area contributed by atoms with Crippen LogP contribution in [0.25, 0.3) is 0 Å². The van der Waals surface area contributed by atoms with Gasteiger partial charge in [0.15, 0.2) is 5.78 Å².